The minimum absolute atomic E-state index is 0.162. The van der Waals surface area contributed by atoms with Gasteiger partial charge < -0.3 is 0 Å². The van der Waals surface area contributed by atoms with Crippen LogP contribution in [-0.2, 0) is 0 Å². The SMILES string of the molecule is C=CCN(CC=C)CCC(C)CC(=O)c1cccc2cc3c(C(=O)CC(C)CCN(CC=C)CC=C)cccc3cc12. The first kappa shape index (κ1) is 32.9. The molecule has 3 aromatic carbocycles. The number of hydrogen-bond acceptors (Lipinski definition) is 4. The summed E-state index contributed by atoms with van der Waals surface area (Å²) in [4.78, 5) is 31.5. The number of rotatable bonds is 20. The molecular formula is C38H48N2O2. The first-order chi connectivity index (χ1) is 20.3. The molecule has 4 nitrogen and oxygen atoms in total. The van der Waals surface area contributed by atoms with Crippen LogP contribution in [0.2, 0.25) is 0 Å². The lowest BCUT2D eigenvalue weighted by atomic mass is 9.90. The lowest BCUT2D eigenvalue weighted by Gasteiger charge is -2.21. The summed E-state index contributed by atoms with van der Waals surface area (Å²) >= 11 is 0. The Hall–Kier alpha value is -3.60. The summed E-state index contributed by atoms with van der Waals surface area (Å²) in [5.41, 5.74) is 1.51. The van der Waals surface area contributed by atoms with E-state index >= 15 is 0 Å². The normalized spacial score (nSPS) is 12.9. The third-order valence-electron chi connectivity index (χ3n) is 7.97. The second kappa shape index (κ2) is 16.7. The lowest BCUT2D eigenvalue weighted by molar-refractivity contribution is 0.0953. The molecule has 0 saturated heterocycles. The zero-order valence-electron chi connectivity index (χ0n) is 25.7. The molecule has 0 radical (unpaired) electrons. The molecule has 0 bridgehead atoms. The topological polar surface area (TPSA) is 40.6 Å². The lowest BCUT2D eigenvalue weighted by Crippen LogP contribution is -2.26. The Kier molecular flexibility index (Phi) is 13.1. The first-order valence-electron chi connectivity index (χ1n) is 15.2. The van der Waals surface area contributed by atoms with Crippen molar-refractivity contribution in [1.29, 1.82) is 0 Å². The number of fused-ring (bicyclic) bond motifs is 2. The molecule has 0 amide bonds. The third kappa shape index (κ3) is 9.20. The quantitative estimate of drug-likeness (QED) is 0.0783. The maximum absolute atomic E-state index is 13.5. The smallest absolute Gasteiger partial charge is 0.163 e. The molecule has 0 aliphatic heterocycles. The molecule has 2 unspecified atom stereocenters. The van der Waals surface area contributed by atoms with Crippen molar-refractivity contribution in [2.75, 3.05) is 39.3 Å². The van der Waals surface area contributed by atoms with Gasteiger partial charge in [-0.15, -0.1) is 26.3 Å². The summed E-state index contributed by atoms with van der Waals surface area (Å²) in [6.45, 7) is 24.7. The predicted molar refractivity (Wildman–Crippen MR) is 181 cm³/mol. The Bertz CT molecular complexity index is 1280. The van der Waals surface area contributed by atoms with Gasteiger partial charge in [-0.25, -0.2) is 0 Å². The van der Waals surface area contributed by atoms with Gasteiger partial charge in [-0.05, 0) is 71.4 Å². The molecule has 0 aliphatic rings. The fourth-order valence-electron chi connectivity index (χ4n) is 5.64. The Morgan fingerprint density at radius 3 is 1.33 bits per heavy atom. The Balaban J connectivity index is 1.76. The number of Topliss-reactive ketones (excluding diaryl/α,β-unsaturated/α-hetero) is 2. The summed E-state index contributed by atoms with van der Waals surface area (Å²) in [6, 6.07) is 16.0. The van der Waals surface area contributed by atoms with Crippen molar-refractivity contribution in [2.24, 2.45) is 11.8 Å². The van der Waals surface area contributed by atoms with Gasteiger partial charge in [-0.1, -0.05) is 74.5 Å². The van der Waals surface area contributed by atoms with Crippen LogP contribution in [-0.4, -0.2) is 60.6 Å². The average molecular weight is 565 g/mol. The van der Waals surface area contributed by atoms with Crippen LogP contribution in [0.3, 0.4) is 0 Å². The summed E-state index contributed by atoms with van der Waals surface area (Å²) in [5.74, 6) is 0.846. The highest BCUT2D eigenvalue weighted by atomic mass is 16.1. The highest BCUT2D eigenvalue weighted by molar-refractivity contribution is 6.15. The molecule has 0 aromatic heterocycles. The van der Waals surface area contributed by atoms with Gasteiger partial charge in [0.2, 0.25) is 0 Å². The molecule has 42 heavy (non-hydrogen) atoms. The van der Waals surface area contributed by atoms with Crippen LogP contribution >= 0.6 is 0 Å². The van der Waals surface area contributed by atoms with Crippen LogP contribution in [0, 0.1) is 11.8 Å². The molecule has 0 heterocycles. The second-order valence-electron chi connectivity index (χ2n) is 11.6. The van der Waals surface area contributed by atoms with Gasteiger partial charge in [0.05, 0.1) is 0 Å². The van der Waals surface area contributed by atoms with Crippen molar-refractivity contribution < 1.29 is 9.59 Å². The summed E-state index contributed by atoms with van der Waals surface area (Å²) in [5, 5.41) is 3.87. The number of carbonyl (C=O) groups excluding carboxylic acids is 2. The summed E-state index contributed by atoms with van der Waals surface area (Å²) in [6.07, 6.45) is 10.5. The van der Waals surface area contributed by atoms with Gasteiger partial charge in [-0.2, -0.15) is 0 Å². The molecule has 3 aromatic rings. The van der Waals surface area contributed by atoms with Crippen molar-refractivity contribution in [3.8, 4) is 0 Å². The van der Waals surface area contributed by atoms with E-state index in [0.717, 1.165) is 84.8 Å². The van der Waals surface area contributed by atoms with Crippen LogP contribution in [0.1, 0.15) is 60.2 Å². The van der Waals surface area contributed by atoms with Crippen LogP contribution in [0.5, 0.6) is 0 Å². The van der Waals surface area contributed by atoms with Gasteiger partial charge in [0.1, 0.15) is 0 Å². The van der Waals surface area contributed by atoms with Crippen molar-refractivity contribution >= 4 is 33.1 Å². The van der Waals surface area contributed by atoms with E-state index in [1.807, 2.05) is 60.7 Å². The molecule has 0 N–H and O–H groups in total. The molecule has 2 atom stereocenters. The fourth-order valence-corrected chi connectivity index (χ4v) is 5.64. The molecule has 222 valence electrons. The van der Waals surface area contributed by atoms with E-state index in [2.05, 4.69) is 62.1 Å². The zero-order chi connectivity index (χ0) is 30.5. The third-order valence-corrected chi connectivity index (χ3v) is 7.97. The van der Waals surface area contributed by atoms with Gasteiger partial charge in [0.15, 0.2) is 11.6 Å². The number of benzene rings is 3. The monoisotopic (exact) mass is 564 g/mol. The molecule has 0 spiro atoms. The molecule has 0 aliphatic carbocycles. The standard InChI is InChI=1S/C38H48N2O2/c1-7-19-39(20-8-2)23-17-29(5)25-37(41)33-15-11-13-31-28-36-32(27-35(31)33)14-12-16-34(36)38(42)26-30(6)18-24-40(21-9-3)22-10-4/h7-16,27-30H,1-4,17-26H2,5-6H3. The maximum Gasteiger partial charge on any atom is 0.163 e. The number of ketones is 2. The van der Waals surface area contributed by atoms with Crippen LogP contribution < -0.4 is 0 Å². The highest BCUT2D eigenvalue weighted by Crippen LogP contribution is 2.30. The van der Waals surface area contributed by atoms with E-state index in [-0.39, 0.29) is 23.4 Å². The summed E-state index contributed by atoms with van der Waals surface area (Å²) in [7, 11) is 0. The number of nitrogens with zero attached hydrogens (tertiary/aromatic N) is 2. The molecule has 3 rings (SSSR count). The fraction of sp³-hybridized carbons (Fsp3) is 0.368. The second-order valence-corrected chi connectivity index (χ2v) is 11.6. The van der Waals surface area contributed by atoms with Gasteiger partial charge in [0, 0.05) is 50.1 Å². The van der Waals surface area contributed by atoms with E-state index in [4.69, 9.17) is 0 Å². The van der Waals surface area contributed by atoms with Crippen LogP contribution in [0.4, 0.5) is 0 Å². The molecule has 0 fully saturated rings. The van der Waals surface area contributed by atoms with Gasteiger partial charge >= 0.3 is 0 Å². The molecule has 0 saturated carbocycles. The van der Waals surface area contributed by atoms with Crippen molar-refractivity contribution in [1.82, 2.24) is 9.80 Å². The van der Waals surface area contributed by atoms with Crippen molar-refractivity contribution in [3.63, 3.8) is 0 Å². The number of carbonyl (C=O) groups is 2. The van der Waals surface area contributed by atoms with Crippen LogP contribution in [0.15, 0.2) is 99.2 Å². The van der Waals surface area contributed by atoms with Crippen molar-refractivity contribution in [2.45, 2.75) is 39.5 Å². The van der Waals surface area contributed by atoms with Gasteiger partial charge in [0.25, 0.3) is 0 Å². The largest absolute Gasteiger partial charge is 0.296 e. The van der Waals surface area contributed by atoms with Crippen LogP contribution in [0.25, 0.3) is 21.5 Å². The Morgan fingerprint density at radius 2 is 1.00 bits per heavy atom. The van der Waals surface area contributed by atoms with E-state index in [1.54, 1.807) is 0 Å². The Morgan fingerprint density at radius 1 is 0.643 bits per heavy atom. The zero-order valence-corrected chi connectivity index (χ0v) is 25.7. The maximum atomic E-state index is 13.5. The van der Waals surface area contributed by atoms with E-state index in [1.165, 1.54) is 0 Å². The first-order valence-corrected chi connectivity index (χ1v) is 15.2. The summed E-state index contributed by atoms with van der Waals surface area (Å²) < 4.78 is 0. The predicted octanol–water partition coefficient (Wildman–Crippen LogP) is 8.54. The van der Waals surface area contributed by atoms with E-state index in [9.17, 15) is 9.59 Å². The number of hydrogen-bond donors (Lipinski definition) is 0. The van der Waals surface area contributed by atoms with E-state index in [0.29, 0.717) is 12.8 Å². The van der Waals surface area contributed by atoms with E-state index < -0.39 is 0 Å². The average Bonchev–Trinajstić information content (AvgIpc) is 2.97. The minimum atomic E-state index is 0.162. The molecular weight excluding hydrogens is 516 g/mol. The van der Waals surface area contributed by atoms with Gasteiger partial charge in [-0.3, -0.25) is 19.4 Å². The highest BCUT2D eigenvalue weighted by Gasteiger charge is 2.18. The van der Waals surface area contributed by atoms with Crippen molar-refractivity contribution in [3.05, 3.63) is 110 Å². The minimum Gasteiger partial charge on any atom is -0.296 e. The molecule has 4 heteroatoms. The Labute approximate surface area is 253 Å².